The van der Waals surface area contributed by atoms with Gasteiger partial charge in [0.25, 0.3) is 11.9 Å². The lowest BCUT2D eigenvalue weighted by atomic mass is 10.1. The number of carbonyl (C=O) groups is 1. The zero-order chi connectivity index (χ0) is 21.8. The van der Waals surface area contributed by atoms with Crippen molar-refractivity contribution in [3.63, 3.8) is 0 Å². The van der Waals surface area contributed by atoms with Gasteiger partial charge in [0, 0.05) is 18.1 Å². The zero-order valence-corrected chi connectivity index (χ0v) is 19.0. The number of aryl methyl sites for hydroxylation is 1. The Hall–Kier alpha value is -2.90. The molecule has 2 aromatic heterocycles. The fourth-order valence-corrected chi connectivity index (χ4v) is 5.84. The standard InChI is InChI=1S/C24H21ClN4O2S/c1-13-27-21(22(32-13)14-5-4-6-16(25)9-14)23(30)29-12-15-10-17(15)19(29)11-26-24-28-18-7-2-3-8-20(18)31-24/h2-9,15,17,19H,10-12H2,1H3,(H,26,28). The number of aromatic nitrogens is 2. The minimum absolute atomic E-state index is 0.0131. The molecule has 2 aromatic carbocycles. The van der Waals surface area contributed by atoms with E-state index in [9.17, 15) is 4.79 Å². The van der Waals surface area contributed by atoms with E-state index in [2.05, 4.69) is 15.3 Å². The summed E-state index contributed by atoms with van der Waals surface area (Å²) in [4.78, 5) is 25.6. The maximum absolute atomic E-state index is 13.6. The minimum atomic E-state index is -0.0131. The van der Waals surface area contributed by atoms with Crippen molar-refractivity contribution in [1.29, 1.82) is 0 Å². The fraction of sp³-hybridized carbons (Fsp3) is 0.292. The van der Waals surface area contributed by atoms with Gasteiger partial charge in [-0.1, -0.05) is 35.9 Å². The van der Waals surface area contributed by atoms with Gasteiger partial charge >= 0.3 is 0 Å². The third-order valence-corrected chi connectivity index (χ3v) is 7.60. The van der Waals surface area contributed by atoms with Crippen molar-refractivity contribution in [3.8, 4) is 10.4 Å². The van der Waals surface area contributed by atoms with E-state index in [1.54, 1.807) is 0 Å². The molecule has 162 valence electrons. The lowest BCUT2D eigenvalue weighted by Crippen LogP contribution is -2.42. The zero-order valence-electron chi connectivity index (χ0n) is 17.4. The topological polar surface area (TPSA) is 71.3 Å². The summed E-state index contributed by atoms with van der Waals surface area (Å²) < 4.78 is 5.80. The quantitative estimate of drug-likeness (QED) is 0.423. The molecule has 3 unspecified atom stereocenters. The minimum Gasteiger partial charge on any atom is -0.424 e. The van der Waals surface area contributed by atoms with Crippen LogP contribution >= 0.6 is 22.9 Å². The molecule has 3 atom stereocenters. The number of thiazole rings is 1. The Bertz CT molecular complexity index is 1300. The maximum atomic E-state index is 13.6. The molecular formula is C24H21ClN4O2S. The van der Waals surface area contributed by atoms with Crippen molar-refractivity contribution in [2.45, 2.75) is 19.4 Å². The highest BCUT2D eigenvalue weighted by Crippen LogP contribution is 2.50. The van der Waals surface area contributed by atoms with Crippen LogP contribution in [-0.2, 0) is 0 Å². The van der Waals surface area contributed by atoms with Crippen molar-refractivity contribution in [2.24, 2.45) is 11.8 Å². The molecule has 32 heavy (non-hydrogen) atoms. The van der Waals surface area contributed by atoms with E-state index < -0.39 is 0 Å². The highest BCUT2D eigenvalue weighted by molar-refractivity contribution is 7.15. The van der Waals surface area contributed by atoms with E-state index >= 15 is 0 Å². The number of rotatable bonds is 5. The van der Waals surface area contributed by atoms with Crippen LogP contribution in [0.1, 0.15) is 21.9 Å². The van der Waals surface area contributed by atoms with E-state index in [1.807, 2.05) is 60.4 Å². The van der Waals surface area contributed by atoms with Crippen LogP contribution in [0.2, 0.25) is 5.02 Å². The second-order valence-corrected chi connectivity index (χ2v) is 10.1. The van der Waals surface area contributed by atoms with Gasteiger partial charge in [-0.2, -0.15) is 4.98 Å². The van der Waals surface area contributed by atoms with Crippen LogP contribution < -0.4 is 5.32 Å². The van der Waals surface area contributed by atoms with Crippen LogP contribution in [0.4, 0.5) is 6.01 Å². The number of carbonyl (C=O) groups excluding carboxylic acids is 1. The van der Waals surface area contributed by atoms with Gasteiger partial charge in [0.2, 0.25) is 0 Å². The van der Waals surface area contributed by atoms with Crippen LogP contribution in [0.25, 0.3) is 21.5 Å². The van der Waals surface area contributed by atoms with Crippen molar-refractivity contribution in [1.82, 2.24) is 14.9 Å². The van der Waals surface area contributed by atoms with Gasteiger partial charge < -0.3 is 14.6 Å². The average Bonchev–Trinajstić information content (AvgIpc) is 3.11. The summed E-state index contributed by atoms with van der Waals surface area (Å²) in [6, 6.07) is 15.9. The molecule has 1 saturated carbocycles. The summed E-state index contributed by atoms with van der Waals surface area (Å²) in [7, 11) is 0. The molecule has 0 spiro atoms. The lowest BCUT2D eigenvalue weighted by molar-refractivity contribution is 0.0710. The van der Waals surface area contributed by atoms with Crippen molar-refractivity contribution < 1.29 is 9.21 Å². The molecule has 1 aliphatic carbocycles. The van der Waals surface area contributed by atoms with E-state index in [4.69, 9.17) is 16.0 Å². The van der Waals surface area contributed by atoms with Gasteiger partial charge in [-0.15, -0.1) is 11.3 Å². The van der Waals surface area contributed by atoms with Gasteiger partial charge in [0.1, 0.15) is 11.2 Å². The molecule has 6 rings (SSSR count). The number of nitrogens with one attached hydrogen (secondary N) is 1. The number of amides is 1. The Morgan fingerprint density at radius 3 is 2.97 bits per heavy atom. The number of anilines is 1. The molecule has 2 fully saturated rings. The lowest BCUT2D eigenvalue weighted by Gasteiger charge is -2.27. The first-order chi connectivity index (χ1) is 15.6. The first-order valence-corrected chi connectivity index (χ1v) is 11.9. The van der Waals surface area contributed by atoms with E-state index in [1.165, 1.54) is 17.8 Å². The SMILES string of the molecule is Cc1nc(C(=O)N2CC3CC3C2CNc2nc3ccccc3o2)c(-c2cccc(Cl)c2)s1. The highest BCUT2D eigenvalue weighted by Gasteiger charge is 2.54. The van der Waals surface area contributed by atoms with Crippen LogP contribution in [0, 0.1) is 18.8 Å². The summed E-state index contributed by atoms with van der Waals surface area (Å²) in [5, 5.41) is 4.84. The number of oxazole rings is 1. The molecule has 1 amide bonds. The van der Waals surface area contributed by atoms with Crippen molar-refractivity contribution in [3.05, 3.63) is 64.3 Å². The monoisotopic (exact) mass is 464 g/mol. The third-order valence-electron chi connectivity index (χ3n) is 6.34. The van der Waals surface area contributed by atoms with Gasteiger partial charge in [-0.3, -0.25) is 4.79 Å². The molecule has 6 nitrogen and oxygen atoms in total. The van der Waals surface area contributed by atoms with Crippen molar-refractivity contribution >= 4 is 46.0 Å². The van der Waals surface area contributed by atoms with Gasteiger partial charge in [-0.05, 0) is 55.0 Å². The van der Waals surface area contributed by atoms with E-state index in [-0.39, 0.29) is 11.9 Å². The summed E-state index contributed by atoms with van der Waals surface area (Å²) in [6.45, 7) is 3.31. The first-order valence-electron chi connectivity index (χ1n) is 10.7. The van der Waals surface area contributed by atoms with Crippen molar-refractivity contribution in [2.75, 3.05) is 18.4 Å². The Labute approximate surface area is 194 Å². The van der Waals surface area contributed by atoms with Gasteiger partial charge in [0.15, 0.2) is 5.58 Å². The van der Waals surface area contributed by atoms with Gasteiger partial charge in [-0.25, -0.2) is 4.98 Å². The number of hydrogen-bond donors (Lipinski definition) is 1. The predicted molar refractivity (Wildman–Crippen MR) is 126 cm³/mol. The number of likely N-dealkylation sites (tertiary alicyclic amines) is 1. The molecule has 1 N–H and O–H groups in total. The molecule has 2 aliphatic rings. The smallest absolute Gasteiger partial charge is 0.295 e. The van der Waals surface area contributed by atoms with E-state index in [0.717, 1.165) is 33.1 Å². The fourth-order valence-electron chi connectivity index (χ4n) is 4.74. The Morgan fingerprint density at radius 2 is 2.12 bits per heavy atom. The Morgan fingerprint density at radius 1 is 1.25 bits per heavy atom. The molecule has 8 heteroatoms. The molecular weight excluding hydrogens is 444 g/mol. The maximum Gasteiger partial charge on any atom is 0.295 e. The summed E-state index contributed by atoms with van der Waals surface area (Å²) >= 11 is 7.73. The number of para-hydroxylation sites is 2. The second kappa shape index (κ2) is 7.60. The Kier molecular flexibility index (Phi) is 4.69. The first kappa shape index (κ1) is 19.8. The summed E-state index contributed by atoms with van der Waals surface area (Å²) in [6.07, 6.45) is 1.17. The van der Waals surface area contributed by atoms with Gasteiger partial charge in [0.05, 0.1) is 15.9 Å². The summed E-state index contributed by atoms with van der Waals surface area (Å²) in [5.74, 6) is 1.08. The largest absolute Gasteiger partial charge is 0.424 e. The number of piperidine rings is 1. The molecule has 0 bridgehead atoms. The second-order valence-electron chi connectivity index (χ2n) is 8.47. The Balaban J connectivity index is 1.25. The normalized spacial score (nSPS) is 21.7. The number of benzene rings is 2. The highest BCUT2D eigenvalue weighted by atomic mass is 35.5. The number of halogens is 1. The number of nitrogens with zero attached hydrogens (tertiary/aromatic N) is 3. The molecule has 1 saturated heterocycles. The van der Waals surface area contributed by atoms with E-state index in [0.29, 0.717) is 35.1 Å². The predicted octanol–water partition coefficient (Wildman–Crippen LogP) is 5.49. The molecule has 0 radical (unpaired) electrons. The molecule has 1 aliphatic heterocycles. The average molecular weight is 465 g/mol. The van der Waals surface area contributed by atoms with Crippen LogP contribution in [0.5, 0.6) is 0 Å². The summed E-state index contributed by atoms with van der Waals surface area (Å²) in [5.41, 5.74) is 3.02. The number of fused-ring (bicyclic) bond motifs is 2. The molecule has 3 heterocycles. The van der Waals surface area contributed by atoms with Crippen LogP contribution in [-0.4, -0.2) is 39.9 Å². The number of hydrogen-bond acceptors (Lipinski definition) is 6. The van der Waals surface area contributed by atoms with Crippen LogP contribution in [0.3, 0.4) is 0 Å². The third kappa shape index (κ3) is 3.45. The van der Waals surface area contributed by atoms with Crippen LogP contribution in [0.15, 0.2) is 52.9 Å². The molecule has 4 aromatic rings.